The summed E-state index contributed by atoms with van der Waals surface area (Å²) >= 11 is 0. The standard InChI is InChI=1S/C17H16N2O7/c20-14(10-26-13-8-6-12(7-9-13)19(24)25)18-15(17(22)23)16(21)11-4-2-1-3-5-11/h1-9,15-16,21H,10H2,(H,18,20)(H,22,23)/p-1/t15-,16-/m1/s1. The normalized spacial score (nSPS) is 12.7. The first kappa shape index (κ1) is 18.9. The Bertz CT molecular complexity index is 777. The summed E-state index contributed by atoms with van der Waals surface area (Å²) < 4.78 is 5.14. The highest BCUT2D eigenvalue weighted by Gasteiger charge is 2.24. The number of ether oxygens (including phenoxy) is 1. The van der Waals surface area contributed by atoms with Crippen LogP contribution in [-0.2, 0) is 9.59 Å². The fourth-order valence-electron chi connectivity index (χ4n) is 2.14. The SMILES string of the molecule is O=C(COc1ccc([N+](=O)[O-])cc1)N[C@@H](C(=O)[O-])[C@H](O)c1ccccc1. The molecule has 0 fully saturated rings. The average molecular weight is 359 g/mol. The quantitative estimate of drug-likeness (QED) is 0.497. The highest BCUT2D eigenvalue weighted by molar-refractivity contribution is 5.84. The van der Waals surface area contributed by atoms with Crippen LogP contribution in [0.5, 0.6) is 5.75 Å². The second-order valence-corrected chi connectivity index (χ2v) is 5.26. The van der Waals surface area contributed by atoms with Gasteiger partial charge in [0.05, 0.1) is 16.9 Å². The van der Waals surface area contributed by atoms with E-state index in [-0.39, 0.29) is 11.4 Å². The maximum Gasteiger partial charge on any atom is 0.269 e. The number of benzene rings is 2. The van der Waals surface area contributed by atoms with E-state index in [1.807, 2.05) is 0 Å². The molecule has 2 atom stereocenters. The Hall–Kier alpha value is -3.46. The van der Waals surface area contributed by atoms with Crippen molar-refractivity contribution in [3.8, 4) is 5.75 Å². The fourth-order valence-corrected chi connectivity index (χ4v) is 2.14. The number of aliphatic carboxylic acids is 1. The molecule has 0 spiro atoms. The number of aliphatic hydroxyl groups is 1. The number of rotatable bonds is 8. The van der Waals surface area contributed by atoms with Crippen molar-refractivity contribution < 1.29 is 29.5 Å². The molecule has 1 amide bonds. The van der Waals surface area contributed by atoms with E-state index in [2.05, 4.69) is 5.32 Å². The minimum absolute atomic E-state index is 0.134. The first-order valence-electron chi connectivity index (χ1n) is 7.49. The Morgan fingerprint density at radius 3 is 2.27 bits per heavy atom. The third kappa shape index (κ3) is 5.02. The van der Waals surface area contributed by atoms with E-state index in [0.29, 0.717) is 5.56 Å². The van der Waals surface area contributed by atoms with E-state index < -0.39 is 35.6 Å². The van der Waals surface area contributed by atoms with Crippen LogP contribution in [0.25, 0.3) is 0 Å². The topological polar surface area (TPSA) is 142 Å². The molecule has 136 valence electrons. The smallest absolute Gasteiger partial charge is 0.269 e. The van der Waals surface area contributed by atoms with Crippen LogP contribution >= 0.6 is 0 Å². The second kappa shape index (κ2) is 8.58. The molecule has 2 aromatic rings. The zero-order chi connectivity index (χ0) is 19.1. The number of carboxylic acid groups (broad SMARTS) is 1. The molecule has 0 unspecified atom stereocenters. The van der Waals surface area contributed by atoms with E-state index in [1.165, 1.54) is 36.4 Å². The summed E-state index contributed by atoms with van der Waals surface area (Å²) in [6.07, 6.45) is -1.50. The molecule has 0 aliphatic heterocycles. The summed E-state index contributed by atoms with van der Waals surface area (Å²) in [6, 6.07) is 11.3. The number of nitro benzene ring substituents is 1. The Balaban J connectivity index is 1.95. The molecule has 0 bridgehead atoms. The lowest BCUT2D eigenvalue weighted by Crippen LogP contribution is -2.52. The number of hydrogen-bond acceptors (Lipinski definition) is 7. The maximum absolute atomic E-state index is 11.9. The highest BCUT2D eigenvalue weighted by atomic mass is 16.6. The monoisotopic (exact) mass is 359 g/mol. The predicted molar refractivity (Wildman–Crippen MR) is 86.9 cm³/mol. The van der Waals surface area contributed by atoms with Gasteiger partial charge in [-0.05, 0) is 17.7 Å². The molecule has 26 heavy (non-hydrogen) atoms. The van der Waals surface area contributed by atoms with Crippen LogP contribution in [0.3, 0.4) is 0 Å². The highest BCUT2D eigenvalue weighted by Crippen LogP contribution is 2.18. The summed E-state index contributed by atoms with van der Waals surface area (Å²) in [5, 5.41) is 34.1. The van der Waals surface area contributed by atoms with Crippen molar-refractivity contribution in [2.24, 2.45) is 0 Å². The van der Waals surface area contributed by atoms with Crippen LogP contribution < -0.4 is 15.2 Å². The number of hydrogen-bond donors (Lipinski definition) is 2. The van der Waals surface area contributed by atoms with Crippen LogP contribution in [0, 0.1) is 10.1 Å². The van der Waals surface area contributed by atoms with Gasteiger partial charge < -0.3 is 25.1 Å². The number of carbonyl (C=O) groups excluding carboxylic acids is 2. The molecule has 0 aliphatic carbocycles. The molecule has 0 saturated carbocycles. The van der Waals surface area contributed by atoms with Gasteiger partial charge in [0.25, 0.3) is 11.6 Å². The van der Waals surface area contributed by atoms with Gasteiger partial charge in [-0.25, -0.2) is 0 Å². The van der Waals surface area contributed by atoms with E-state index in [1.54, 1.807) is 18.2 Å². The molecule has 0 aromatic heterocycles. The van der Waals surface area contributed by atoms with Gasteiger partial charge in [-0.15, -0.1) is 0 Å². The molecule has 0 aliphatic rings. The number of nitrogens with zero attached hydrogens (tertiary/aromatic N) is 1. The molecule has 0 saturated heterocycles. The molecule has 2 N–H and O–H groups in total. The van der Waals surface area contributed by atoms with Crippen LogP contribution in [0.4, 0.5) is 5.69 Å². The van der Waals surface area contributed by atoms with Crippen molar-refractivity contribution in [1.29, 1.82) is 0 Å². The minimum Gasteiger partial charge on any atom is -0.548 e. The number of carboxylic acids is 1. The van der Waals surface area contributed by atoms with Crippen molar-refractivity contribution in [2.75, 3.05) is 6.61 Å². The number of nitrogens with one attached hydrogen (secondary N) is 1. The molecular weight excluding hydrogens is 344 g/mol. The molecule has 0 heterocycles. The van der Waals surface area contributed by atoms with Crippen LogP contribution in [0.15, 0.2) is 54.6 Å². The number of carbonyl (C=O) groups is 2. The first-order chi connectivity index (χ1) is 12.4. The summed E-state index contributed by atoms with van der Waals surface area (Å²) in [7, 11) is 0. The Kier molecular flexibility index (Phi) is 6.23. The van der Waals surface area contributed by atoms with Gasteiger partial charge in [0, 0.05) is 12.1 Å². The van der Waals surface area contributed by atoms with Gasteiger partial charge >= 0.3 is 0 Å². The van der Waals surface area contributed by atoms with E-state index in [9.17, 15) is 29.9 Å². The van der Waals surface area contributed by atoms with Crippen molar-refractivity contribution in [3.63, 3.8) is 0 Å². The third-order valence-corrected chi connectivity index (χ3v) is 3.44. The molecular formula is C17H15N2O7-. The van der Waals surface area contributed by atoms with Gasteiger partial charge in [0.2, 0.25) is 0 Å². The van der Waals surface area contributed by atoms with Gasteiger partial charge in [-0.1, -0.05) is 30.3 Å². The third-order valence-electron chi connectivity index (χ3n) is 3.44. The maximum atomic E-state index is 11.9. The lowest BCUT2D eigenvalue weighted by Gasteiger charge is -2.25. The van der Waals surface area contributed by atoms with Gasteiger partial charge in [-0.3, -0.25) is 14.9 Å². The summed E-state index contributed by atoms with van der Waals surface area (Å²) in [5.74, 6) is -2.25. The van der Waals surface area contributed by atoms with Crippen molar-refractivity contribution in [1.82, 2.24) is 5.32 Å². The van der Waals surface area contributed by atoms with Gasteiger partial charge in [-0.2, -0.15) is 0 Å². The van der Waals surface area contributed by atoms with Crippen LogP contribution in [0.1, 0.15) is 11.7 Å². The second-order valence-electron chi connectivity index (χ2n) is 5.26. The summed E-state index contributed by atoms with van der Waals surface area (Å²) in [6.45, 7) is -0.539. The Morgan fingerprint density at radius 2 is 1.73 bits per heavy atom. The Morgan fingerprint density at radius 1 is 1.12 bits per heavy atom. The Labute approximate surface area is 148 Å². The zero-order valence-corrected chi connectivity index (χ0v) is 13.4. The van der Waals surface area contributed by atoms with Crippen molar-refractivity contribution in [3.05, 3.63) is 70.3 Å². The average Bonchev–Trinajstić information content (AvgIpc) is 2.64. The van der Waals surface area contributed by atoms with E-state index in [4.69, 9.17) is 4.74 Å². The molecule has 9 heteroatoms. The fraction of sp³-hybridized carbons (Fsp3) is 0.176. The number of non-ortho nitro benzene ring substituents is 1. The summed E-state index contributed by atoms with van der Waals surface area (Å²) in [4.78, 5) is 33.1. The lowest BCUT2D eigenvalue weighted by atomic mass is 10.0. The van der Waals surface area contributed by atoms with Crippen LogP contribution in [-0.4, -0.2) is 34.6 Å². The zero-order valence-electron chi connectivity index (χ0n) is 13.4. The van der Waals surface area contributed by atoms with E-state index in [0.717, 1.165) is 0 Å². The number of aliphatic hydroxyl groups excluding tert-OH is 1. The number of nitro groups is 1. The molecule has 2 rings (SSSR count). The number of amides is 1. The minimum atomic E-state index is -1.66. The largest absolute Gasteiger partial charge is 0.548 e. The van der Waals surface area contributed by atoms with E-state index >= 15 is 0 Å². The van der Waals surface area contributed by atoms with Gasteiger partial charge in [0.1, 0.15) is 11.9 Å². The van der Waals surface area contributed by atoms with Crippen molar-refractivity contribution >= 4 is 17.6 Å². The van der Waals surface area contributed by atoms with Crippen molar-refractivity contribution in [2.45, 2.75) is 12.1 Å². The lowest BCUT2D eigenvalue weighted by molar-refractivity contribution is -0.384. The first-order valence-corrected chi connectivity index (χ1v) is 7.49. The summed E-state index contributed by atoms with van der Waals surface area (Å²) in [5.41, 5.74) is 0.170. The van der Waals surface area contributed by atoms with Gasteiger partial charge in [0.15, 0.2) is 6.61 Å². The predicted octanol–water partition coefficient (Wildman–Crippen LogP) is -0.0581. The molecule has 0 radical (unpaired) electrons. The molecule has 9 nitrogen and oxygen atoms in total. The van der Waals surface area contributed by atoms with Crippen LogP contribution in [0.2, 0.25) is 0 Å². The molecule has 2 aromatic carbocycles.